The summed E-state index contributed by atoms with van der Waals surface area (Å²) in [5, 5.41) is 8.50. The molecule has 2 nitrogen and oxygen atoms in total. The molecular weight excluding hydrogens is 208 g/mol. The highest BCUT2D eigenvalue weighted by Crippen LogP contribution is 2.13. The Balaban J connectivity index is 3.31. The number of halogens is 1. The van der Waals surface area contributed by atoms with E-state index >= 15 is 0 Å². The van der Waals surface area contributed by atoms with Crippen molar-refractivity contribution in [3.05, 3.63) is 0 Å². The highest BCUT2D eigenvalue weighted by atomic mass is 79.9. The molecule has 0 aliphatic rings. The summed E-state index contributed by atoms with van der Waals surface area (Å²) in [6.07, 6.45) is 2.82. The minimum Gasteiger partial charge on any atom is -0.480 e. The van der Waals surface area contributed by atoms with Crippen molar-refractivity contribution in [2.45, 2.75) is 37.9 Å². The monoisotopic (exact) mass is 222 g/mol. The Morgan fingerprint density at radius 2 is 2.00 bits per heavy atom. The Morgan fingerprint density at radius 3 is 2.36 bits per heavy atom. The molecule has 0 saturated carbocycles. The summed E-state index contributed by atoms with van der Waals surface area (Å²) in [6.45, 7) is 4.29. The fraction of sp³-hybridized carbons (Fsp3) is 0.875. The van der Waals surface area contributed by atoms with E-state index < -0.39 is 5.97 Å². The third-order valence-corrected chi connectivity index (χ3v) is 2.36. The third-order valence-electron chi connectivity index (χ3n) is 1.51. The zero-order valence-corrected chi connectivity index (χ0v) is 8.60. The van der Waals surface area contributed by atoms with Crippen LogP contribution in [0.25, 0.3) is 0 Å². The molecule has 1 unspecified atom stereocenters. The maximum Gasteiger partial charge on any atom is 0.317 e. The van der Waals surface area contributed by atoms with Gasteiger partial charge in [-0.2, -0.15) is 0 Å². The summed E-state index contributed by atoms with van der Waals surface area (Å²) in [7, 11) is 0. The first kappa shape index (κ1) is 11.0. The first-order valence-electron chi connectivity index (χ1n) is 3.91. The Hall–Kier alpha value is -0.0500. The Kier molecular flexibility index (Phi) is 5.56. The number of carbonyl (C=O) groups is 1. The molecule has 0 fully saturated rings. The van der Waals surface area contributed by atoms with Crippen molar-refractivity contribution in [2.75, 3.05) is 0 Å². The van der Waals surface area contributed by atoms with Gasteiger partial charge in [-0.15, -0.1) is 0 Å². The zero-order valence-electron chi connectivity index (χ0n) is 7.01. The number of carboxylic acids is 1. The summed E-state index contributed by atoms with van der Waals surface area (Å²) < 4.78 is 0. The third kappa shape index (κ3) is 6.35. The molecule has 1 atom stereocenters. The van der Waals surface area contributed by atoms with Crippen LogP contribution in [0.1, 0.15) is 33.1 Å². The molecule has 0 rings (SSSR count). The molecule has 11 heavy (non-hydrogen) atoms. The molecular formula is C8H15BrO2. The van der Waals surface area contributed by atoms with Crippen LogP contribution in [-0.2, 0) is 4.79 Å². The summed E-state index contributed by atoms with van der Waals surface area (Å²) in [6, 6.07) is 0. The van der Waals surface area contributed by atoms with Gasteiger partial charge in [0.2, 0.25) is 0 Å². The van der Waals surface area contributed by atoms with Crippen molar-refractivity contribution in [1.29, 1.82) is 0 Å². The average molecular weight is 223 g/mol. The van der Waals surface area contributed by atoms with Crippen molar-refractivity contribution in [2.24, 2.45) is 5.92 Å². The molecule has 0 aliphatic carbocycles. The molecule has 0 radical (unpaired) electrons. The van der Waals surface area contributed by atoms with E-state index in [0.717, 1.165) is 19.3 Å². The first-order valence-corrected chi connectivity index (χ1v) is 4.82. The summed E-state index contributed by atoms with van der Waals surface area (Å²) in [5.41, 5.74) is 0. The predicted octanol–water partition coefficient (Wildman–Crippen LogP) is 2.66. The highest BCUT2D eigenvalue weighted by molar-refractivity contribution is 9.10. The Labute approximate surface area is 76.1 Å². The van der Waals surface area contributed by atoms with Gasteiger partial charge in [0.15, 0.2) is 0 Å². The molecule has 0 amide bonds. The second-order valence-electron chi connectivity index (χ2n) is 3.13. The number of alkyl halides is 1. The normalized spacial score (nSPS) is 13.5. The van der Waals surface area contributed by atoms with E-state index in [1.165, 1.54) is 0 Å². The molecule has 0 spiro atoms. The van der Waals surface area contributed by atoms with E-state index in [1.54, 1.807) is 0 Å². The largest absolute Gasteiger partial charge is 0.480 e. The van der Waals surface area contributed by atoms with Gasteiger partial charge in [0, 0.05) is 0 Å². The Morgan fingerprint density at radius 1 is 1.45 bits per heavy atom. The molecule has 0 heterocycles. The second kappa shape index (κ2) is 5.58. The van der Waals surface area contributed by atoms with Gasteiger partial charge >= 0.3 is 5.97 Å². The summed E-state index contributed by atoms with van der Waals surface area (Å²) in [4.78, 5) is 9.97. The van der Waals surface area contributed by atoms with Gasteiger partial charge in [0.1, 0.15) is 4.83 Å². The van der Waals surface area contributed by atoms with Gasteiger partial charge in [0.05, 0.1) is 0 Å². The van der Waals surface area contributed by atoms with Gasteiger partial charge in [0.25, 0.3) is 0 Å². The topological polar surface area (TPSA) is 37.3 Å². The van der Waals surface area contributed by atoms with E-state index in [4.69, 9.17) is 5.11 Å². The van der Waals surface area contributed by atoms with Crippen LogP contribution in [0.2, 0.25) is 0 Å². The van der Waals surface area contributed by atoms with Crippen molar-refractivity contribution in [3.8, 4) is 0 Å². The quantitative estimate of drug-likeness (QED) is 0.727. The van der Waals surface area contributed by atoms with Crippen LogP contribution in [0.15, 0.2) is 0 Å². The van der Waals surface area contributed by atoms with Crippen LogP contribution in [0.3, 0.4) is 0 Å². The van der Waals surface area contributed by atoms with Crippen molar-refractivity contribution in [1.82, 2.24) is 0 Å². The molecule has 0 aliphatic heterocycles. The zero-order chi connectivity index (χ0) is 8.85. The summed E-state index contributed by atoms with van der Waals surface area (Å²) >= 11 is 3.09. The molecule has 0 aromatic heterocycles. The molecule has 0 bridgehead atoms. The molecule has 0 aromatic carbocycles. The lowest BCUT2D eigenvalue weighted by Crippen LogP contribution is -2.12. The van der Waals surface area contributed by atoms with Crippen LogP contribution in [-0.4, -0.2) is 15.9 Å². The number of rotatable bonds is 5. The molecule has 3 heteroatoms. The fourth-order valence-electron chi connectivity index (χ4n) is 0.829. The van der Waals surface area contributed by atoms with E-state index in [2.05, 4.69) is 29.8 Å². The van der Waals surface area contributed by atoms with Gasteiger partial charge in [-0.3, -0.25) is 4.79 Å². The minimum atomic E-state index is -0.756. The molecule has 0 saturated heterocycles. The first-order chi connectivity index (χ1) is 5.04. The number of hydrogen-bond donors (Lipinski definition) is 1. The maximum absolute atomic E-state index is 10.3. The lowest BCUT2D eigenvalue weighted by atomic mass is 10.1. The fourth-order valence-corrected chi connectivity index (χ4v) is 1.15. The predicted molar refractivity (Wildman–Crippen MR) is 49.0 cm³/mol. The summed E-state index contributed by atoms with van der Waals surface area (Å²) in [5.74, 6) is -0.0859. The van der Waals surface area contributed by atoms with Gasteiger partial charge < -0.3 is 5.11 Å². The highest BCUT2D eigenvalue weighted by Gasteiger charge is 2.11. The maximum atomic E-state index is 10.3. The van der Waals surface area contributed by atoms with Crippen molar-refractivity contribution >= 4 is 21.9 Å². The van der Waals surface area contributed by atoms with E-state index in [1.807, 2.05) is 0 Å². The van der Waals surface area contributed by atoms with Gasteiger partial charge in [-0.1, -0.05) is 42.6 Å². The average Bonchev–Trinajstić information content (AvgIpc) is 1.86. The van der Waals surface area contributed by atoms with Crippen LogP contribution < -0.4 is 0 Å². The SMILES string of the molecule is CC(C)CCCC(Br)C(=O)O. The Bertz CT molecular complexity index is 123. The number of carboxylic acid groups (broad SMARTS) is 1. The lowest BCUT2D eigenvalue weighted by molar-refractivity contribution is -0.136. The molecule has 66 valence electrons. The van der Waals surface area contributed by atoms with E-state index in [-0.39, 0.29) is 4.83 Å². The second-order valence-corrected chi connectivity index (χ2v) is 4.24. The van der Waals surface area contributed by atoms with Crippen LogP contribution >= 0.6 is 15.9 Å². The minimum absolute atomic E-state index is 0.360. The molecule has 0 aromatic rings. The number of aliphatic carboxylic acids is 1. The number of hydrogen-bond acceptors (Lipinski definition) is 1. The van der Waals surface area contributed by atoms with Gasteiger partial charge in [-0.05, 0) is 12.3 Å². The van der Waals surface area contributed by atoms with Gasteiger partial charge in [-0.25, -0.2) is 0 Å². The van der Waals surface area contributed by atoms with Crippen molar-refractivity contribution < 1.29 is 9.90 Å². The van der Waals surface area contributed by atoms with Crippen molar-refractivity contribution in [3.63, 3.8) is 0 Å². The van der Waals surface area contributed by atoms with Crippen LogP contribution in [0.4, 0.5) is 0 Å². The molecule has 1 N–H and O–H groups in total. The van der Waals surface area contributed by atoms with E-state index in [9.17, 15) is 4.79 Å². The standard InChI is InChI=1S/C8H15BrO2/c1-6(2)4-3-5-7(9)8(10)11/h6-7H,3-5H2,1-2H3,(H,10,11). The van der Waals surface area contributed by atoms with E-state index in [0.29, 0.717) is 5.92 Å². The van der Waals surface area contributed by atoms with Crippen LogP contribution in [0, 0.1) is 5.92 Å². The smallest absolute Gasteiger partial charge is 0.317 e. The van der Waals surface area contributed by atoms with Crippen LogP contribution in [0.5, 0.6) is 0 Å². The lowest BCUT2D eigenvalue weighted by Gasteiger charge is -2.05.